The van der Waals surface area contributed by atoms with Crippen molar-refractivity contribution in [3.05, 3.63) is 54.3 Å². The van der Waals surface area contributed by atoms with E-state index in [0.717, 1.165) is 4.80 Å². The molecule has 0 fully saturated rings. The summed E-state index contributed by atoms with van der Waals surface area (Å²) in [6.07, 6.45) is 0. The van der Waals surface area contributed by atoms with Crippen molar-refractivity contribution in [2.75, 3.05) is 7.11 Å². The van der Waals surface area contributed by atoms with Crippen LogP contribution < -0.4 is 4.74 Å². The summed E-state index contributed by atoms with van der Waals surface area (Å²) in [5.41, 5.74) is 0.398. The first-order valence-electron chi connectivity index (χ1n) is 6.46. The average molecular weight is 334 g/mol. The van der Waals surface area contributed by atoms with E-state index in [1.165, 1.54) is 55.6 Å². The maximum atomic E-state index is 12.9. The standard InChI is InChI=1S/C14H11FN4O3S/c1-22-12-6-8-13(9-7-12)23(20,21)14-16-18-19(17-14)11-4-2-10(15)3-5-11/h2-9H,1H3. The summed E-state index contributed by atoms with van der Waals surface area (Å²) >= 11 is 0. The van der Waals surface area contributed by atoms with Gasteiger partial charge in [-0.25, -0.2) is 12.8 Å². The third-order valence-electron chi connectivity index (χ3n) is 3.06. The van der Waals surface area contributed by atoms with Gasteiger partial charge in [-0.1, -0.05) is 5.10 Å². The molecule has 0 aliphatic heterocycles. The highest BCUT2D eigenvalue weighted by Crippen LogP contribution is 2.20. The van der Waals surface area contributed by atoms with Crippen LogP contribution >= 0.6 is 0 Å². The van der Waals surface area contributed by atoms with Crippen molar-refractivity contribution in [3.8, 4) is 11.4 Å². The molecule has 0 spiro atoms. The van der Waals surface area contributed by atoms with Gasteiger partial charge in [0.15, 0.2) is 0 Å². The molecule has 0 unspecified atom stereocenters. The first-order chi connectivity index (χ1) is 11.0. The van der Waals surface area contributed by atoms with Gasteiger partial charge in [0, 0.05) is 0 Å². The average Bonchev–Trinajstić information content (AvgIpc) is 3.06. The molecule has 9 heteroatoms. The first kappa shape index (κ1) is 15.1. The van der Waals surface area contributed by atoms with Crippen molar-refractivity contribution in [2.45, 2.75) is 10.1 Å². The summed E-state index contributed by atoms with van der Waals surface area (Å²) in [5, 5.41) is 10.7. The number of tetrazole rings is 1. The van der Waals surface area contributed by atoms with Crippen LogP contribution in [-0.2, 0) is 9.84 Å². The Labute approximate surface area is 131 Å². The van der Waals surface area contributed by atoms with E-state index in [0.29, 0.717) is 11.4 Å². The number of halogens is 1. The molecule has 0 radical (unpaired) electrons. The zero-order valence-electron chi connectivity index (χ0n) is 11.9. The Morgan fingerprint density at radius 3 is 2.30 bits per heavy atom. The van der Waals surface area contributed by atoms with Gasteiger partial charge in [-0.2, -0.15) is 0 Å². The lowest BCUT2D eigenvalue weighted by Gasteiger charge is -2.02. The van der Waals surface area contributed by atoms with Crippen LogP contribution in [0.1, 0.15) is 0 Å². The summed E-state index contributed by atoms with van der Waals surface area (Å²) in [7, 11) is -2.41. The predicted octanol–water partition coefficient (Wildman–Crippen LogP) is 1.64. The Hall–Kier alpha value is -2.81. The first-order valence-corrected chi connectivity index (χ1v) is 7.94. The molecule has 1 aromatic heterocycles. The molecule has 0 aliphatic rings. The highest BCUT2D eigenvalue weighted by atomic mass is 32.2. The fraction of sp³-hybridized carbons (Fsp3) is 0.0714. The Morgan fingerprint density at radius 1 is 1.04 bits per heavy atom. The lowest BCUT2D eigenvalue weighted by Crippen LogP contribution is -2.05. The molecule has 23 heavy (non-hydrogen) atoms. The van der Waals surface area contributed by atoms with Crippen LogP contribution in [0.5, 0.6) is 5.75 Å². The van der Waals surface area contributed by atoms with E-state index in [1.54, 1.807) is 0 Å². The quantitative estimate of drug-likeness (QED) is 0.721. The lowest BCUT2D eigenvalue weighted by atomic mass is 10.3. The molecule has 7 nitrogen and oxygen atoms in total. The van der Waals surface area contributed by atoms with E-state index in [2.05, 4.69) is 15.4 Å². The highest BCUT2D eigenvalue weighted by Gasteiger charge is 2.24. The van der Waals surface area contributed by atoms with E-state index >= 15 is 0 Å². The van der Waals surface area contributed by atoms with Crippen LogP contribution in [0.3, 0.4) is 0 Å². The fourth-order valence-electron chi connectivity index (χ4n) is 1.85. The minimum absolute atomic E-state index is 0.0250. The lowest BCUT2D eigenvalue weighted by molar-refractivity contribution is 0.414. The van der Waals surface area contributed by atoms with E-state index in [-0.39, 0.29) is 4.90 Å². The highest BCUT2D eigenvalue weighted by molar-refractivity contribution is 7.91. The summed E-state index contributed by atoms with van der Waals surface area (Å²) in [6, 6.07) is 11.1. The number of hydrogen-bond acceptors (Lipinski definition) is 6. The van der Waals surface area contributed by atoms with E-state index in [9.17, 15) is 12.8 Å². The molecule has 3 aromatic rings. The molecule has 0 N–H and O–H groups in total. The second-order valence-corrected chi connectivity index (χ2v) is 6.36. The topological polar surface area (TPSA) is 87.0 Å². The van der Waals surface area contributed by atoms with Gasteiger partial charge in [0.1, 0.15) is 11.6 Å². The van der Waals surface area contributed by atoms with Gasteiger partial charge in [-0.05, 0) is 53.7 Å². The van der Waals surface area contributed by atoms with Crippen LogP contribution in [0, 0.1) is 5.82 Å². The summed E-state index contributed by atoms with van der Waals surface area (Å²) < 4.78 is 42.8. The summed E-state index contributed by atoms with van der Waals surface area (Å²) in [6.45, 7) is 0. The largest absolute Gasteiger partial charge is 0.497 e. The van der Waals surface area contributed by atoms with Gasteiger partial charge in [0.25, 0.3) is 5.16 Å². The minimum Gasteiger partial charge on any atom is -0.497 e. The second kappa shape index (κ2) is 5.76. The molecule has 3 rings (SSSR count). The number of hydrogen-bond donors (Lipinski definition) is 0. The number of rotatable bonds is 4. The molecule has 0 saturated carbocycles. The molecule has 0 amide bonds. The zero-order valence-corrected chi connectivity index (χ0v) is 12.7. The summed E-state index contributed by atoms with van der Waals surface area (Å²) in [5.74, 6) is 0.117. The van der Waals surface area contributed by atoms with E-state index in [4.69, 9.17) is 4.74 Å². The van der Waals surface area contributed by atoms with E-state index < -0.39 is 20.8 Å². The maximum absolute atomic E-state index is 12.9. The molecule has 1 heterocycles. The van der Waals surface area contributed by atoms with Crippen molar-refractivity contribution >= 4 is 9.84 Å². The van der Waals surface area contributed by atoms with Crippen LogP contribution in [0.25, 0.3) is 5.69 Å². The molecule has 118 valence electrons. The van der Waals surface area contributed by atoms with Crippen LogP contribution in [0.4, 0.5) is 4.39 Å². The molecular formula is C14H11FN4O3S. The monoisotopic (exact) mass is 334 g/mol. The second-order valence-electron chi connectivity index (χ2n) is 4.52. The Balaban J connectivity index is 1.96. The third kappa shape index (κ3) is 2.90. The molecule has 0 saturated heterocycles. The smallest absolute Gasteiger partial charge is 0.293 e. The number of benzene rings is 2. The number of ether oxygens (including phenoxy) is 1. The number of nitrogens with zero attached hydrogens (tertiary/aromatic N) is 4. The fourth-order valence-corrected chi connectivity index (χ4v) is 2.89. The SMILES string of the molecule is COc1ccc(S(=O)(=O)c2nnn(-c3ccc(F)cc3)n2)cc1. The molecule has 2 aromatic carbocycles. The van der Waals surface area contributed by atoms with Crippen molar-refractivity contribution in [2.24, 2.45) is 0 Å². The number of sulfone groups is 1. The Kier molecular flexibility index (Phi) is 3.78. The van der Waals surface area contributed by atoms with Gasteiger partial charge >= 0.3 is 0 Å². The van der Waals surface area contributed by atoms with Crippen LogP contribution in [0.15, 0.2) is 58.6 Å². The number of methoxy groups -OCH3 is 1. The maximum Gasteiger partial charge on any atom is 0.293 e. The molecule has 0 atom stereocenters. The number of aromatic nitrogens is 4. The Bertz CT molecular complexity index is 921. The van der Waals surface area contributed by atoms with Crippen molar-refractivity contribution in [3.63, 3.8) is 0 Å². The zero-order chi connectivity index (χ0) is 16.4. The van der Waals surface area contributed by atoms with Gasteiger partial charge in [-0.3, -0.25) is 0 Å². The predicted molar refractivity (Wildman–Crippen MR) is 77.6 cm³/mol. The van der Waals surface area contributed by atoms with Crippen LogP contribution in [-0.4, -0.2) is 35.7 Å². The van der Waals surface area contributed by atoms with Gasteiger partial charge < -0.3 is 4.74 Å². The van der Waals surface area contributed by atoms with Gasteiger partial charge in [-0.15, -0.1) is 9.90 Å². The Morgan fingerprint density at radius 2 is 1.70 bits per heavy atom. The van der Waals surface area contributed by atoms with Crippen LogP contribution in [0.2, 0.25) is 0 Å². The molecule has 0 aliphatic carbocycles. The van der Waals surface area contributed by atoms with Crippen molar-refractivity contribution in [1.29, 1.82) is 0 Å². The summed E-state index contributed by atoms with van der Waals surface area (Å²) in [4.78, 5) is 1.05. The third-order valence-corrected chi connectivity index (χ3v) is 4.60. The van der Waals surface area contributed by atoms with Crippen molar-refractivity contribution < 1.29 is 17.5 Å². The molecular weight excluding hydrogens is 323 g/mol. The minimum atomic E-state index is -3.89. The van der Waals surface area contributed by atoms with Crippen molar-refractivity contribution in [1.82, 2.24) is 20.2 Å². The van der Waals surface area contributed by atoms with Gasteiger partial charge in [0.05, 0.1) is 17.7 Å². The van der Waals surface area contributed by atoms with E-state index in [1.807, 2.05) is 0 Å². The normalized spacial score (nSPS) is 11.4. The van der Waals surface area contributed by atoms with Gasteiger partial charge in [0.2, 0.25) is 9.84 Å². The molecule has 0 bridgehead atoms.